The average molecular weight is 448 g/mol. The predicted molar refractivity (Wildman–Crippen MR) is 123 cm³/mol. The van der Waals surface area contributed by atoms with Crippen LogP contribution >= 0.6 is 35.0 Å². The number of nitrogens with zero attached hydrogens (tertiary/aromatic N) is 2. The van der Waals surface area contributed by atoms with Gasteiger partial charge in [-0.05, 0) is 68.3 Å². The molecule has 2 aliphatic rings. The van der Waals surface area contributed by atoms with E-state index in [2.05, 4.69) is 34.8 Å². The minimum atomic E-state index is -0.144. The first kappa shape index (κ1) is 20.6. The number of hydrogen-bond acceptors (Lipinski definition) is 3. The van der Waals surface area contributed by atoms with Gasteiger partial charge in [-0.2, -0.15) is 0 Å². The van der Waals surface area contributed by atoms with Crippen LogP contribution in [0.15, 0.2) is 34.2 Å². The largest absolute Gasteiger partial charge is 0.346 e. The highest BCUT2D eigenvalue weighted by Gasteiger charge is 2.26. The molecule has 1 saturated heterocycles. The van der Waals surface area contributed by atoms with Crippen LogP contribution in [0.25, 0.3) is 6.08 Å². The van der Waals surface area contributed by atoms with Crippen LogP contribution in [-0.4, -0.2) is 15.6 Å². The fourth-order valence-electron chi connectivity index (χ4n) is 4.16. The van der Waals surface area contributed by atoms with Crippen LogP contribution in [0.4, 0.5) is 5.69 Å². The van der Waals surface area contributed by atoms with Crippen molar-refractivity contribution < 1.29 is 4.79 Å². The van der Waals surface area contributed by atoms with E-state index in [4.69, 9.17) is 23.2 Å². The Morgan fingerprint density at radius 2 is 1.97 bits per heavy atom. The number of aromatic nitrogens is 1. The molecule has 1 N–H and O–H groups in total. The number of benzene rings is 1. The van der Waals surface area contributed by atoms with E-state index >= 15 is 0 Å². The van der Waals surface area contributed by atoms with E-state index in [0.717, 1.165) is 5.56 Å². The van der Waals surface area contributed by atoms with E-state index < -0.39 is 0 Å². The summed E-state index contributed by atoms with van der Waals surface area (Å²) in [5, 5.41) is 4.15. The van der Waals surface area contributed by atoms with Crippen molar-refractivity contribution in [3.8, 4) is 0 Å². The van der Waals surface area contributed by atoms with E-state index in [-0.39, 0.29) is 5.91 Å². The molecule has 152 valence electrons. The van der Waals surface area contributed by atoms with Crippen LogP contribution in [0.5, 0.6) is 0 Å². The van der Waals surface area contributed by atoms with E-state index in [0.29, 0.717) is 31.8 Å². The van der Waals surface area contributed by atoms with Gasteiger partial charge in [0.05, 0.1) is 20.6 Å². The topological polar surface area (TPSA) is 46.4 Å². The fourth-order valence-corrected chi connectivity index (χ4v) is 5.32. The average Bonchev–Trinajstić information content (AvgIpc) is 3.18. The molecule has 2 aromatic rings. The van der Waals surface area contributed by atoms with E-state index in [1.54, 1.807) is 18.2 Å². The van der Waals surface area contributed by atoms with Crippen LogP contribution in [0.3, 0.4) is 0 Å². The van der Waals surface area contributed by atoms with Crippen LogP contribution in [0.1, 0.15) is 55.1 Å². The van der Waals surface area contributed by atoms with Crippen LogP contribution in [-0.2, 0) is 4.79 Å². The Kier molecular flexibility index (Phi) is 6.09. The monoisotopic (exact) mass is 447 g/mol. The predicted octanol–water partition coefficient (Wildman–Crippen LogP) is 6.81. The Morgan fingerprint density at radius 3 is 2.72 bits per heavy atom. The zero-order valence-electron chi connectivity index (χ0n) is 16.5. The lowest BCUT2D eigenvalue weighted by molar-refractivity contribution is -0.115. The SMILES string of the molecule is Cc1cc(/C=C2\SC(=Nc3cccc(Cl)c3Cl)NC2=O)c(C)n1C1CCCCC1. The Labute approximate surface area is 185 Å². The summed E-state index contributed by atoms with van der Waals surface area (Å²) in [5.74, 6) is -0.144. The molecule has 2 heterocycles. The molecule has 1 aromatic heterocycles. The molecule has 0 atom stereocenters. The number of aliphatic imine (C=N–C) groups is 1. The first-order valence-corrected chi connectivity index (χ1v) is 11.4. The first-order valence-electron chi connectivity index (χ1n) is 9.86. The maximum absolute atomic E-state index is 12.5. The number of amidine groups is 1. The molecule has 1 aliphatic heterocycles. The maximum atomic E-state index is 12.5. The molecule has 7 heteroatoms. The molecule has 4 nitrogen and oxygen atoms in total. The number of rotatable bonds is 3. The lowest BCUT2D eigenvalue weighted by atomic mass is 9.95. The normalized spacial score (nSPS) is 20.6. The van der Waals surface area contributed by atoms with Gasteiger partial charge in [0.1, 0.15) is 0 Å². The Hall–Kier alpha value is -1.69. The molecule has 0 bridgehead atoms. The van der Waals surface area contributed by atoms with Crippen molar-refractivity contribution in [2.24, 2.45) is 4.99 Å². The molecule has 1 amide bonds. The van der Waals surface area contributed by atoms with Crippen molar-refractivity contribution in [1.29, 1.82) is 0 Å². The highest BCUT2D eigenvalue weighted by atomic mass is 35.5. The third-order valence-electron chi connectivity index (χ3n) is 5.55. The van der Waals surface area contributed by atoms with Gasteiger partial charge in [-0.1, -0.05) is 48.5 Å². The number of aryl methyl sites for hydroxylation is 1. The second-order valence-corrected chi connectivity index (χ2v) is 9.36. The summed E-state index contributed by atoms with van der Waals surface area (Å²) in [5.41, 5.74) is 4.11. The molecule has 1 saturated carbocycles. The van der Waals surface area contributed by atoms with Gasteiger partial charge < -0.3 is 9.88 Å². The molecule has 29 heavy (non-hydrogen) atoms. The third kappa shape index (κ3) is 4.27. The Morgan fingerprint density at radius 1 is 1.21 bits per heavy atom. The highest BCUT2D eigenvalue weighted by Crippen LogP contribution is 2.36. The molecular weight excluding hydrogens is 425 g/mol. The Bertz CT molecular complexity index is 1020. The summed E-state index contributed by atoms with van der Waals surface area (Å²) in [6.45, 7) is 4.30. The zero-order chi connectivity index (χ0) is 20.5. The van der Waals surface area contributed by atoms with Crippen LogP contribution in [0, 0.1) is 13.8 Å². The molecule has 1 aliphatic carbocycles. The van der Waals surface area contributed by atoms with Crippen molar-refractivity contribution >= 4 is 57.8 Å². The number of carbonyl (C=O) groups excluding carboxylic acids is 1. The summed E-state index contributed by atoms with van der Waals surface area (Å²) in [6, 6.07) is 8.01. The number of halogens is 2. The second kappa shape index (κ2) is 8.58. The Balaban J connectivity index is 1.60. The molecule has 0 spiro atoms. The number of nitrogens with one attached hydrogen (secondary N) is 1. The van der Waals surface area contributed by atoms with Crippen LogP contribution < -0.4 is 5.32 Å². The van der Waals surface area contributed by atoms with Gasteiger partial charge in [-0.15, -0.1) is 0 Å². The summed E-state index contributed by atoms with van der Waals surface area (Å²) in [7, 11) is 0. The van der Waals surface area contributed by atoms with Crippen molar-refractivity contribution in [2.75, 3.05) is 0 Å². The van der Waals surface area contributed by atoms with Gasteiger partial charge in [-0.25, -0.2) is 4.99 Å². The lowest BCUT2D eigenvalue weighted by Gasteiger charge is -2.26. The summed E-state index contributed by atoms with van der Waals surface area (Å²) >= 11 is 13.6. The van der Waals surface area contributed by atoms with Gasteiger partial charge in [0.2, 0.25) is 0 Å². The zero-order valence-corrected chi connectivity index (χ0v) is 18.8. The van der Waals surface area contributed by atoms with Crippen molar-refractivity contribution in [3.05, 3.63) is 56.2 Å². The molecule has 0 unspecified atom stereocenters. The van der Waals surface area contributed by atoms with Gasteiger partial charge in [-0.3, -0.25) is 4.79 Å². The summed E-state index contributed by atoms with van der Waals surface area (Å²) < 4.78 is 2.45. The third-order valence-corrected chi connectivity index (χ3v) is 7.27. The summed E-state index contributed by atoms with van der Waals surface area (Å²) in [4.78, 5) is 17.6. The number of amides is 1. The minimum Gasteiger partial charge on any atom is -0.346 e. The number of thioether (sulfide) groups is 1. The smallest absolute Gasteiger partial charge is 0.264 e. The van der Waals surface area contributed by atoms with Gasteiger partial charge >= 0.3 is 0 Å². The second-order valence-electron chi connectivity index (χ2n) is 7.54. The van der Waals surface area contributed by atoms with E-state index in [9.17, 15) is 4.79 Å². The molecule has 2 fully saturated rings. The highest BCUT2D eigenvalue weighted by molar-refractivity contribution is 8.18. The van der Waals surface area contributed by atoms with Crippen LogP contribution in [0.2, 0.25) is 10.0 Å². The molecule has 4 rings (SSSR count). The minimum absolute atomic E-state index is 0.144. The quantitative estimate of drug-likeness (QED) is 0.525. The van der Waals surface area contributed by atoms with E-state index in [1.165, 1.54) is 55.3 Å². The van der Waals surface area contributed by atoms with Gasteiger partial charge in [0, 0.05) is 17.4 Å². The molecule has 0 radical (unpaired) electrons. The van der Waals surface area contributed by atoms with Gasteiger partial charge in [0.15, 0.2) is 5.17 Å². The van der Waals surface area contributed by atoms with Gasteiger partial charge in [0.25, 0.3) is 5.91 Å². The standard InChI is InChI=1S/C22H23Cl2N3OS/c1-13-11-15(14(2)27(13)16-7-4-3-5-8-16)12-19-21(28)26-22(29-19)25-18-10-6-9-17(23)20(18)24/h6,9-12,16H,3-5,7-8H2,1-2H3,(H,25,26,28)/b19-12-. The number of carbonyl (C=O) groups is 1. The number of hydrogen-bond donors (Lipinski definition) is 1. The van der Waals surface area contributed by atoms with Crippen molar-refractivity contribution in [1.82, 2.24) is 9.88 Å². The van der Waals surface area contributed by atoms with Crippen molar-refractivity contribution in [2.45, 2.75) is 52.0 Å². The van der Waals surface area contributed by atoms with Crippen molar-refractivity contribution in [3.63, 3.8) is 0 Å². The maximum Gasteiger partial charge on any atom is 0.264 e. The first-order chi connectivity index (χ1) is 13.9. The lowest BCUT2D eigenvalue weighted by Crippen LogP contribution is -2.19. The van der Waals surface area contributed by atoms with E-state index in [1.807, 2.05) is 6.08 Å². The summed E-state index contributed by atoms with van der Waals surface area (Å²) in [6.07, 6.45) is 8.36. The molecule has 1 aromatic carbocycles. The fraction of sp³-hybridized carbons (Fsp3) is 0.364. The molecular formula is C22H23Cl2N3OS.